The third kappa shape index (κ3) is 4.37. The van der Waals surface area contributed by atoms with Gasteiger partial charge in [0.15, 0.2) is 0 Å². The minimum absolute atomic E-state index is 0.227. The monoisotopic (exact) mass is 475 g/mol. The Morgan fingerprint density at radius 1 is 1.29 bits per heavy atom. The highest BCUT2D eigenvalue weighted by molar-refractivity contribution is 6.34. The van der Waals surface area contributed by atoms with Crippen molar-refractivity contribution < 1.29 is 0 Å². The van der Waals surface area contributed by atoms with Gasteiger partial charge in [-0.1, -0.05) is 18.5 Å². The van der Waals surface area contributed by atoms with Crippen LogP contribution in [0.1, 0.15) is 42.4 Å². The summed E-state index contributed by atoms with van der Waals surface area (Å²) < 4.78 is 1.83. The number of imidazole rings is 1. The van der Waals surface area contributed by atoms with E-state index >= 15 is 0 Å². The number of likely N-dealkylation sites (N-methyl/N-ethyl adjacent to an activating group) is 1. The van der Waals surface area contributed by atoms with Crippen molar-refractivity contribution in [1.29, 1.82) is 5.26 Å². The van der Waals surface area contributed by atoms with Crippen LogP contribution in [0.5, 0.6) is 0 Å². The summed E-state index contributed by atoms with van der Waals surface area (Å²) in [5.74, 6) is 0.529. The molecule has 34 heavy (non-hydrogen) atoms. The summed E-state index contributed by atoms with van der Waals surface area (Å²) in [6.07, 6.45) is 6.22. The first-order chi connectivity index (χ1) is 16.4. The minimum atomic E-state index is -0.227. The van der Waals surface area contributed by atoms with Crippen LogP contribution in [0.15, 0.2) is 35.4 Å². The van der Waals surface area contributed by atoms with E-state index < -0.39 is 0 Å². The highest BCUT2D eigenvalue weighted by Crippen LogP contribution is 2.28. The molecule has 0 radical (unpaired) electrons. The summed E-state index contributed by atoms with van der Waals surface area (Å²) in [5, 5.41) is 13.8. The van der Waals surface area contributed by atoms with Crippen molar-refractivity contribution in [1.82, 2.24) is 24.3 Å². The van der Waals surface area contributed by atoms with Gasteiger partial charge in [-0.15, -0.1) is 0 Å². The second-order valence-electron chi connectivity index (χ2n) is 8.89. The van der Waals surface area contributed by atoms with Gasteiger partial charge in [0, 0.05) is 31.4 Å². The normalized spacial score (nSPS) is 16.7. The zero-order valence-electron chi connectivity index (χ0n) is 19.2. The van der Waals surface area contributed by atoms with Gasteiger partial charge >= 0.3 is 0 Å². The Hall–Kier alpha value is -3.41. The van der Waals surface area contributed by atoms with Crippen molar-refractivity contribution >= 4 is 33.8 Å². The van der Waals surface area contributed by atoms with Crippen LogP contribution in [0.4, 0.5) is 5.69 Å². The molecule has 0 aliphatic carbocycles. The van der Waals surface area contributed by atoms with Crippen molar-refractivity contribution in [3.63, 3.8) is 0 Å². The molecule has 3 aromatic heterocycles. The van der Waals surface area contributed by atoms with Crippen molar-refractivity contribution in [3.8, 4) is 6.07 Å². The zero-order chi connectivity index (χ0) is 23.8. The molecule has 0 amide bonds. The topological polar surface area (TPSA) is 102 Å². The van der Waals surface area contributed by atoms with Crippen molar-refractivity contribution in [2.75, 3.05) is 25.0 Å². The standard InChI is InChI=1S/C25H26ClN7O/c1-3-32-6-4-5-17(13-32)28-22-10-21-19(9-20(22)26)25(34)31-23(30-21)8-18-14-33-12-16(11-27)15(2)7-24(33)29-18/h7,9-10,12,14,17,28H,3-6,8,13H2,1-2H3,(H,30,31,34)/t17-/m0/s1. The molecule has 4 aromatic rings. The third-order valence-electron chi connectivity index (χ3n) is 6.47. The lowest BCUT2D eigenvalue weighted by atomic mass is 10.1. The number of aryl methyl sites for hydroxylation is 1. The Labute approximate surface area is 202 Å². The Morgan fingerprint density at radius 3 is 2.94 bits per heavy atom. The molecule has 2 N–H and O–H groups in total. The van der Waals surface area contributed by atoms with Crippen LogP contribution in [0.2, 0.25) is 5.02 Å². The van der Waals surface area contributed by atoms with Crippen LogP contribution in [0.25, 0.3) is 16.6 Å². The van der Waals surface area contributed by atoms with Gasteiger partial charge in [0.2, 0.25) is 0 Å². The van der Waals surface area contributed by atoms with Crippen LogP contribution in [0.3, 0.4) is 0 Å². The summed E-state index contributed by atoms with van der Waals surface area (Å²) in [6, 6.07) is 7.93. The molecular formula is C25H26ClN7O. The molecule has 1 aromatic carbocycles. The van der Waals surface area contributed by atoms with Crippen LogP contribution in [-0.4, -0.2) is 49.9 Å². The number of hydrogen-bond acceptors (Lipinski definition) is 6. The number of H-pyrrole nitrogens is 1. The number of likely N-dealkylation sites (tertiary alicyclic amines) is 1. The van der Waals surface area contributed by atoms with E-state index in [-0.39, 0.29) is 5.56 Å². The Morgan fingerprint density at radius 2 is 2.15 bits per heavy atom. The first-order valence-electron chi connectivity index (χ1n) is 11.5. The smallest absolute Gasteiger partial charge is 0.258 e. The number of nitriles is 1. The van der Waals surface area contributed by atoms with Crippen LogP contribution >= 0.6 is 11.6 Å². The number of anilines is 1. The van der Waals surface area contributed by atoms with E-state index in [4.69, 9.17) is 16.6 Å². The maximum atomic E-state index is 12.8. The van der Waals surface area contributed by atoms with Crippen LogP contribution in [0, 0.1) is 18.3 Å². The largest absolute Gasteiger partial charge is 0.380 e. The van der Waals surface area contributed by atoms with E-state index in [1.165, 1.54) is 0 Å². The Bertz CT molecular complexity index is 1480. The highest BCUT2D eigenvalue weighted by Gasteiger charge is 2.20. The lowest BCUT2D eigenvalue weighted by molar-refractivity contribution is 0.227. The minimum Gasteiger partial charge on any atom is -0.380 e. The molecular weight excluding hydrogens is 450 g/mol. The van der Waals surface area contributed by atoms with E-state index in [9.17, 15) is 10.1 Å². The summed E-state index contributed by atoms with van der Waals surface area (Å²) in [7, 11) is 0. The lowest BCUT2D eigenvalue weighted by Crippen LogP contribution is -2.41. The van der Waals surface area contributed by atoms with Gasteiger partial charge in [0.25, 0.3) is 5.56 Å². The maximum absolute atomic E-state index is 12.8. The number of halogens is 1. The number of nitrogens with one attached hydrogen (secondary N) is 2. The maximum Gasteiger partial charge on any atom is 0.258 e. The molecule has 174 valence electrons. The molecule has 1 aliphatic heterocycles. The molecule has 1 saturated heterocycles. The molecule has 0 unspecified atom stereocenters. The van der Waals surface area contributed by atoms with E-state index in [0.717, 1.165) is 55.1 Å². The van der Waals surface area contributed by atoms with E-state index in [2.05, 4.69) is 33.2 Å². The summed E-state index contributed by atoms with van der Waals surface area (Å²) in [6.45, 7) is 7.19. The van der Waals surface area contributed by atoms with E-state index in [0.29, 0.717) is 39.8 Å². The van der Waals surface area contributed by atoms with Crippen LogP contribution in [-0.2, 0) is 6.42 Å². The number of piperidine rings is 1. The summed E-state index contributed by atoms with van der Waals surface area (Å²) in [4.78, 5) is 27.4. The number of rotatable bonds is 5. The van der Waals surface area contributed by atoms with Gasteiger partial charge in [-0.25, -0.2) is 9.97 Å². The molecule has 1 atom stereocenters. The lowest BCUT2D eigenvalue weighted by Gasteiger charge is -2.33. The van der Waals surface area contributed by atoms with Crippen molar-refractivity contribution in [2.24, 2.45) is 0 Å². The third-order valence-corrected chi connectivity index (χ3v) is 6.79. The molecule has 1 aliphatic rings. The first-order valence-corrected chi connectivity index (χ1v) is 11.9. The molecule has 0 saturated carbocycles. The first kappa shape index (κ1) is 22.4. The molecule has 5 rings (SSSR count). The average Bonchev–Trinajstić information content (AvgIpc) is 3.20. The Kier molecular flexibility index (Phi) is 5.98. The molecule has 0 bridgehead atoms. The number of pyridine rings is 1. The van der Waals surface area contributed by atoms with E-state index in [1.807, 2.05) is 29.7 Å². The second kappa shape index (κ2) is 9.09. The fraction of sp³-hybridized carbons (Fsp3) is 0.360. The SMILES string of the molecule is CCN1CCC[C@H](Nc2cc3nc(Cc4cn5cc(C#N)c(C)cc5n4)[nH]c(=O)c3cc2Cl)C1. The highest BCUT2D eigenvalue weighted by atomic mass is 35.5. The second-order valence-corrected chi connectivity index (χ2v) is 9.30. The van der Waals surface area contributed by atoms with E-state index in [1.54, 1.807) is 12.3 Å². The molecule has 1 fully saturated rings. The van der Waals surface area contributed by atoms with Gasteiger partial charge < -0.3 is 19.6 Å². The number of nitrogens with zero attached hydrogens (tertiary/aromatic N) is 5. The van der Waals surface area contributed by atoms with Crippen molar-refractivity contribution in [2.45, 2.75) is 39.2 Å². The average molecular weight is 476 g/mol. The zero-order valence-corrected chi connectivity index (χ0v) is 20.0. The molecule has 4 heterocycles. The molecule has 8 nitrogen and oxygen atoms in total. The van der Waals surface area contributed by atoms with Gasteiger partial charge in [0.05, 0.1) is 32.9 Å². The van der Waals surface area contributed by atoms with Gasteiger partial charge in [-0.3, -0.25) is 4.79 Å². The van der Waals surface area contributed by atoms with Gasteiger partial charge in [-0.05, 0) is 56.6 Å². The predicted octanol–water partition coefficient (Wildman–Crippen LogP) is 3.89. The number of fused-ring (bicyclic) bond motifs is 2. The molecule has 0 spiro atoms. The number of benzene rings is 1. The Balaban J connectivity index is 1.45. The predicted molar refractivity (Wildman–Crippen MR) is 134 cm³/mol. The number of aromatic amines is 1. The quantitative estimate of drug-likeness (QED) is 0.454. The fourth-order valence-electron chi connectivity index (χ4n) is 4.64. The fourth-order valence-corrected chi connectivity index (χ4v) is 4.86. The van der Waals surface area contributed by atoms with Crippen molar-refractivity contribution in [3.05, 3.63) is 68.6 Å². The summed E-state index contributed by atoms with van der Waals surface area (Å²) in [5.41, 5.74) is 4.16. The molecule has 9 heteroatoms. The van der Waals surface area contributed by atoms with Crippen LogP contribution < -0.4 is 10.9 Å². The number of aromatic nitrogens is 4. The summed E-state index contributed by atoms with van der Waals surface area (Å²) >= 11 is 6.52. The number of hydrogen-bond donors (Lipinski definition) is 2. The van der Waals surface area contributed by atoms with Gasteiger partial charge in [-0.2, -0.15) is 5.26 Å². The van der Waals surface area contributed by atoms with Gasteiger partial charge in [0.1, 0.15) is 17.5 Å².